The molecule has 19 heavy (non-hydrogen) atoms. The van der Waals surface area contributed by atoms with Crippen LogP contribution in [0.3, 0.4) is 0 Å². The van der Waals surface area contributed by atoms with Crippen LogP contribution in [0.2, 0.25) is 0 Å². The molecule has 0 spiro atoms. The summed E-state index contributed by atoms with van der Waals surface area (Å²) in [7, 11) is 1.87. The van der Waals surface area contributed by atoms with Gasteiger partial charge < -0.3 is 10.1 Å². The Labute approximate surface area is 113 Å². The van der Waals surface area contributed by atoms with Crippen molar-refractivity contribution in [1.82, 2.24) is 20.1 Å². The Hall–Kier alpha value is -1.72. The quantitative estimate of drug-likeness (QED) is 0.731. The normalized spacial score (nSPS) is 10.8. The molecule has 0 fully saturated rings. The summed E-state index contributed by atoms with van der Waals surface area (Å²) in [6.45, 7) is 3.11. The third-order valence-electron chi connectivity index (χ3n) is 2.85. The van der Waals surface area contributed by atoms with Gasteiger partial charge >= 0.3 is 0 Å². The fraction of sp³-hybridized carbons (Fsp3) is 0.429. The molecule has 0 aliphatic rings. The zero-order valence-electron chi connectivity index (χ0n) is 11.2. The van der Waals surface area contributed by atoms with Crippen molar-refractivity contribution in [3.8, 4) is 0 Å². The maximum absolute atomic E-state index is 5.55. The van der Waals surface area contributed by atoms with E-state index >= 15 is 0 Å². The van der Waals surface area contributed by atoms with E-state index in [1.807, 2.05) is 13.1 Å². The van der Waals surface area contributed by atoms with Gasteiger partial charge in [-0.25, -0.2) is 4.98 Å². The van der Waals surface area contributed by atoms with Gasteiger partial charge in [-0.1, -0.05) is 30.3 Å². The van der Waals surface area contributed by atoms with Gasteiger partial charge in [-0.3, -0.25) is 4.68 Å². The third kappa shape index (κ3) is 4.81. The van der Waals surface area contributed by atoms with Crippen molar-refractivity contribution in [2.75, 3.05) is 13.2 Å². The lowest BCUT2D eigenvalue weighted by atomic mass is 10.2. The lowest BCUT2D eigenvalue weighted by Crippen LogP contribution is -2.16. The van der Waals surface area contributed by atoms with Crippen LogP contribution in [0.15, 0.2) is 36.7 Å². The van der Waals surface area contributed by atoms with E-state index < -0.39 is 0 Å². The second-order valence-corrected chi connectivity index (χ2v) is 4.37. The smallest absolute Gasteiger partial charge is 0.152 e. The third-order valence-corrected chi connectivity index (χ3v) is 2.85. The Balaban J connectivity index is 1.50. The maximum Gasteiger partial charge on any atom is 0.152 e. The molecule has 0 aliphatic carbocycles. The summed E-state index contributed by atoms with van der Waals surface area (Å²) < 4.78 is 7.28. The minimum Gasteiger partial charge on any atom is -0.373 e. The number of aromatic nitrogens is 3. The summed E-state index contributed by atoms with van der Waals surface area (Å²) in [5.41, 5.74) is 1.31. The molecule has 0 unspecified atom stereocenters. The standard InChI is InChI=1S/C14H20N4O/c1-18-14(16-12-17-18)11-19-9-5-8-15-10-13-6-3-2-4-7-13/h2-4,6-7,12,15H,5,8-11H2,1H3. The summed E-state index contributed by atoms with van der Waals surface area (Å²) in [6.07, 6.45) is 2.53. The van der Waals surface area contributed by atoms with Crippen LogP contribution in [-0.2, 0) is 24.9 Å². The Morgan fingerprint density at radius 3 is 2.84 bits per heavy atom. The number of rotatable bonds is 8. The van der Waals surface area contributed by atoms with Gasteiger partial charge in [0.05, 0.1) is 0 Å². The molecule has 5 heteroatoms. The Morgan fingerprint density at radius 1 is 1.26 bits per heavy atom. The predicted octanol–water partition coefficient (Wildman–Crippen LogP) is 1.51. The lowest BCUT2D eigenvalue weighted by molar-refractivity contribution is 0.110. The molecule has 0 amide bonds. The number of ether oxygens (including phenoxy) is 1. The molecular weight excluding hydrogens is 240 g/mol. The van der Waals surface area contributed by atoms with E-state index in [2.05, 4.69) is 39.7 Å². The minimum absolute atomic E-state index is 0.523. The van der Waals surface area contributed by atoms with Gasteiger partial charge in [0.15, 0.2) is 5.82 Å². The van der Waals surface area contributed by atoms with Crippen LogP contribution in [0.4, 0.5) is 0 Å². The summed E-state index contributed by atoms with van der Waals surface area (Å²) in [6, 6.07) is 10.4. The monoisotopic (exact) mass is 260 g/mol. The Morgan fingerprint density at radius 2 is 2.11 bits per heavy atom. The molecule has 1 aromatic heterocycles. The van der Waals surface area contributed by atoms with Crippen molar-refractivity contribution in [3.63, 3.8) is 0 Å². The van der Waals surface area contributed by atoms with Crippen LogP contribution in [-0.4, -0.2) is 27.9 Å². The molecule has 0 saturated carbocycles. The summed E-state index contributed by atoms with van der Waals surface area (Å²) in [5, 5.41) is 7.39. The average Bonchev–Trinajstić information content (AvgIpc) is 2.84. The van der Waals surface area contributed by atoms with Crippen LogP contribution >= 0.6 is 0 Å². The molecular formula is C14H20N4O. The van der Waals surface area contributed by atoms with Crippen molar-refractivity contribution in [3.05, 3.63) is 48.0 Å². The number of aryl methyl sites for hydroxylation is 1. The van der Waals surface area contributed by atoms with Crippen molar-refractivity contribution < 1.29 is 4.74 Å². The first-order valence-corrected chi connectivity index (χ1v) is 6.51. The van der Waals surface area contributed by atoms with Crippen LogP contribution < -0.4 is 5.32 Å². The van der Waals surface area contributed by atoms with Gasteiger partial charge in [-0.2, -0.15) is 5.10 Å². The Bertz CT molecular complexity index is 469. The van der Waals surface area contributed by atoms with Crippen molar-refractivity contribution >= 4 is 0 Å². The van der Waals surface area contributed by atoms with Crippen LogP contribution in [0.25, 0.3) is 0 Å². The molecule has 102 valence electrons. The summed E-state index contributed by atoms with van der Waals surface area (Å²) in [5.74, 6) is 0.859. The van der Waals surface area contributed by atoms with Gasteiger partial charge in [0, 0.05) is 20.2 Å². The SMILES string of the molecule is Cn1ncnc1COCCCNCc1ccccc1. The number of nitrogens with one attached hydrogen (secondary N) is 1. The zero-order valence-corrected chi connectivity index (χ0v) is 11.2. The molecule has 1 N–H and O–H groups in total. The molecule has 0 radical (unpaired) electrons. The van der Waals surface area contributed by atoms with Crippen LogP contribution in [0.1, 0.15) is 17.8 Å². The fourth-order valence-electron chi connectivity index (χ4n) is 1.74. The summed E-state index contributed by atoms with van der Waals surface area (Å²) >= 11 is 0. The molecule has 2 aromatic rings. The van der Waals surface area contributed by atoms with E-state index in [9.17, 15) is 0 Å². The highest BCUT2D eigenvalue weighted by molar-refractivity contribution is 5.14. The van der Waals surface area contributed by atoms with Crippen molar-refractivity contribution in [2.45, 2.75) is 19.6 Å². The second-order valence-electron chi connectivity index (χ2n) is 4.37. The molecule has 2 rings (SSSR count). The van der Waals surface area contributed by atoms with Gasteiger partial charge in [-0.15, -0.1) is 0 Å². The Kier molecular flexibility index (Phi) is 5.52. The zero-order chi connectivity index (χ0) is 13.3. The number of nitrogens with zero attached hydrogens (tertiary/aromatic N) is 3. The average molecular weight is 260 g/mol. The highest BCUT2D eigenvalue weighted by Gasteiger charge is 1.99. The second kappa shape index (κ2) is 7.66. The molecule has 5 nitrogen and oxygen atoms in total. The molecule has 1 aromatic carbocycles. The lowest BCUT2D eigenvalue weighted by Gasteiger charge is -2.06. The first kappa shape index (κ1) is 13.7. The van der Waals surface area contributed by atoms with Gasteiger partial charge in [0.25, 0.3) is 0 Å². The highest BCUT2D eigenvalue weighted by atomic mass is 16.5. The molecule has 0 saturated heterocycles. The molecule has 0 aliphatic heterocycles. The van der Waals surface area contributed by atoms with E-state index in [4.69, 9.17) is 4.74 Å². The van der Waals surface area contributed by atoms with Gasteiger partial charge in [0.1, 0.15) is 12.9 Å². The first-order chi connectivity index (χ1) is 9.36. The highest BCUT2D eigenvalue weighted by Crippen LogP contribution is 1.97. The number of hydrogen-bond donors (Lipinski definition) is 1. The van der Waals surface area contributed by atoms with E-state index in [0.29, 0.717) is 6.61 Å². The summed E-state index contributed by atoms with van der Waals surface area (Å²) in [4.78, 5) is 4.10. The molecule has 1 heterocycles. The largest absolute Gasteiger partial charge is 0.373 e. The van der Waals surface area contributed by atoms with Crippen LogP contribution in [0, 0.1) is 0 Å². The van der Waals surface area contributed by atoms with E-state index in [-0.39, 0.29) is 0 Å². The van der Waals surface area contributed by atoms with E-state index in [0.717, 1.165) is 31.9 Å². The first-order valence-electron chi connectivity index (χ1n) is 6.51. The van der Waals surface area contributed by atoms with Gasteiger partial charge in [-0.05, 0) is 18.5 Å². The van der Waals surface area contributed by atoms with Crippen molar-refractivity contribution in [1.29, 1.82) is 0 Å². The van der Waals surface area contributed by atoms with E-state index in [1.54, 1.807) is 11.0 Å². The van der Waals surface area contributed by atoms with Crippen molar-refractivity contribution in [2.24, 2.45) is 7.05 Å². The maximum atomic E-state index is 5.55. The van der Waals surface area contributed by atoms with Gasteiger partial charge in [0.2, 0.25) is 0 Å². The number of hydrogen-bond acceptors (Lipinski definition) is 4. The topological polar surface area (TPSA) is 52.0 Å². The fourth-order valence-corrected chi connectivity index (χ4v) is 1.74. The number of benzene rings is 1. The minimum atomic E-state index is 0.523. The predicted molar refractivity (Wildman–Crippen MR) is 73.4 cm³/mol. The molecule has 0 bridgehead atoms. The van der Waals surface area contributed by atoms with Crippen LogP contribution in [0.5, 0.6) is 0 Å². The molecule has 0 atom stereocenters. The van der Waals surface area contributed by atoms with E-state index in [1.165, 1.54) is 5.56 Å².